The molecule has 2 aromatic carbocycles. The fraction of sp³-hybridized carbons (Fsp3) is 0.0769. The van der Waals surface area contributed by atoms with Crippen molar-refractivity contribution >= 4 is 17.1 Å². The van der Waals surface area contributed by atoms with Crippen molar-refractivity contribution in [2.45, 2.75) is 6.92 Å². The van der Waals surface area contributed by atoms with Crippen LogP contribution in [0.15, 0.2) is 42.5 Å². The Morgan fingerprint density at radius 2 is 1.69 bits per heavy atom. The monoisotopic (exact) mass is 216 g/mol. The fourth-order valence-corrected chi connectivity index (χ4v) is 1.50. The average molecular weight is 216 g/mol. The summed E-state index contributed by atoms with van der Waals surface area (Å²) in [6.45, 7) is 1.98. The molecule has 3 N–H and O–H groups in total. The zero-order valence-electron chi connectivity index (χ0n) is 9.00. The molecule has 0 saturated heterocycles. The van der Waals surface area contributed by atoms with E-state index < -0.39 is 5.82 Å². The molecule has 0 spiro atoms. The van der Waals surface area contributed by atoms with E-state index >= 15 is 0 Å². The van der Waals surface area contributed by atoms with Crippen molar-refractivity contribution < 1.29 is 4.39 Å². The number of para-hydroxylation sites is 2. The summed E-state index contributed by atoms with van der Waals surface area (Å²) in [5.41, 5.74) is 8.40. The first-order valence-electron chi connectivity index (χ1n) is 5.05. The summed E-state index contributed by atoms with van der Waals surface area (Å²) in [4.78, 5) is 0. The predicted octanol–water partition coefficient (Wildman–Crippen LogP) is 3.46. The van der Waals surface area contributed by atoms with Crippen LogP contribution >= 0.6 is 0 Å². The summed E-state index contributed by atoms with van der Waals surface area (Å²) in [5.74, 6) is -0.404. The van der Waals surface area contributed by atoms with Gasteiger partial charge >= 0.3 is 0 Å². The molecule has 0 aliphatic rings. The third-order valence-corrected chi connectivity index (χ3v) is 2.47. The average Bonchev–Trinajstić information content (AvgIpc) is 2.28. The number of anilines is 3. The largest absolute Gasteiger partial charge is 0.395 e. The van der Waals surface area contributed by atoms with Crippen molar-refractivity contribution in [2.24, 2.45) is 0 Å². The molecule has 3 heteroatoms. The molecular formula is C13H13FN2. The Bertz CT molecular complexity index is 509. The molecule has 2 rings (SSSR count). The Morgan fingerprint density at radius 1 is 1.00 bits per heavy atom. The van der Waals surface area contributed by atoms with Crippen LogP contribution in [0.4, 0.5) is 21.5 Å². The molecule has 2 nitrogen and oxygen atoms in total. The smallest absolute Gasteiger partial charge is 0.148 e. The molecule has 0 fully saturated rings. The molecule has 0 bridgehead atoms. The van der Waals surface area contributed by atoms with Gasteiger partial charge in [-0.15, -0.1) is 0 Å². The van der Waals surface area contributed by atoms with Gasteiger partial charge in [0.05, 0.1) is 11.4 Å². The zero-order chi connectivity index (χ0) is 11.5. The SMILES string of the molecule is Cc1ccccc1Nc1cccc(F)c1N. The van der Waals surface area contributed by atoms with Gasteiger partial charge in [-0.2, -0.15) is 0 Å². The maximum Gasteiger partial charge on any atom is 0.148 e. The first kappa shape index (κ1) is 10.5. The van der Waals surface area contributed by atoms with Gasteiger partial charge in [-0.05, 0) is 30.7 Å². The van der Waals surface area contributed by atoms with Crippen molar-refractivity contribution in [1.29, 1.82) is 0 Å². The van der Waals surface area contributed by atoms with Gasteiger partial charge in [0.15, 0.2) is 0 Å². The summed E-state index contributed by atoms with van der Waals surface area (Å²) < 4.78 is 13.2. The molecular weight excluding hydrogens is 203 g/mol. The van der Waals surface area contributed by atoms with Gasteiger partial charge in [-0.25, -0.2) is 4.39 Å². The van der Waals surface area contributed by atoms with Crippen molar-refractivity contribution in [2.75, 3.05) is 11.1 Å². The van der Waals surface area contributed by atoms with Crippen molar-refractivity contribution in [1.82, 2.24) is 0 Å². The van der Waals surface area contributed by atoms with Gasteiger partial charge in [0.25, 0.3) is 0 Å². The van der Waals surface area contributed by atoms with Gasteiger partial charge < -0.3 is 11.1 Å². The van der Waals surface area contributed by atoms with E-state index in [9.17, 15) is 4.39 Å². The topological polar surface area (TPSA) is 38.0 Å². The number of benzene rings is 2. The normalized spacial score (nSPS) is 10.1. The quantitative estimate of drug-likeness (QED) is 0.754. The van der Waals surface area contributed by atoms with E-state index in [1.807, 2.05) is 31.2 Å². The van der Waals surface area contributed by atoms with E-state index in [4.69, 9.17) is 5.73 Å². The maximum absolute atomic E-state index is 13.2. The molecule has 0 aliphatic carbocycles. The van der Waals surface area contributed by atoms with Crippen LogP contribution in [-0.4, -0.2) is 0 Å². The van der Waals surface area contributed by atoms with Crippen LogP contribution in [0, 0.1) is 12.7 Å². The third-order valence-electron chi connectivity index (χ3n) is 2.47. The van der Waals surface area contributed by atoms with Crippen LogP contribution in [0.25, 0.3) is 0 Å². The van der Waals surface area contributed by atoms with E-state index in [2.05, 4.69) is 5.32 Å². The van der Waals surface area contributed by atoms with Crippen molar-refractivity contribution in [3.63, 3.8) is 0 Å². The van der Waals surface area contributed by atoms with Gasteiger partial charge in [-0.1, -0.05) is 24.3 Å². The molecule has 0 aromatic heterocycles. The number of halogens is 1. The highest BCUT2D eigenvalue weighted by Gasteiger charge is 2.05. The van der Waals surface area contributed by atoms with Crippen LogP contribution in [0.2, 0.25) is 0 Å². The van der Waals surface area contributed by atoms with E-state index in [1.165, 1.54) is 6.07 Å². The third kappa shape index (κ3) is 1.98. The first-order chi connectivity index (χ1) is 7.68. The molecule has 0 amide bonds. The van der Waals surface area contributed by atoms with E-state index in [0.717, 1.165) is 11.3 Å². The minimum atomic E-state index is -0.404. The van der Waals surface area contributed by atoms with Gasteiger partial charge in [0, 0.05) is 5.69 Å². The van der Waals surface area contributed by atoms with Crippen LogP contribution in [0.5, 0.6) is 0 Å². The maximum atomic E-state index is 13.2. The fourth-order valence-electron chi connectivity index (χ4n) is 1.50. The van der Waals surface area contributed by atoms with Crippen LogP contribution in [0.3, 0.4) is 0 Å². The summed E-state index contributed by atoms with van der Waals surface area (Å²) in [5, 5.41) is 3.12. The Hall–Kier alpha value is -2.03. The highest BCUT2D eigenvalue weighted by Crippen LogP contribution is 2.26. The van der Waals surface area contributed by atoms with Gasteiger partial charge in [-0.3, -0.25) is 0 Å². The van der Waals surface area contributed by atoms with Crippen LogP contribution in [0.1, 0.15) is 5.56 Å². The number of hydrogen-bond donors (Lipinski definition) is 2. The van der Waals surface area contributed by atoms with E-state index in [-0.39, 0.29) is 5.69 Å². The number of aryl methyl sites for hydroxylation is 1. The summed E-state index contributed by atoms with van der Waals surface area (Å²) in [7, 11) is 0. The zero-order valence-corrected chi connectivity index (χ0v) is 9.00. The first-order valence-corrected chi connectivity index (χ1v) is 5.05. The standard InChI is InChI=1S/C13H13FN2/c1-9-5-2-3-7-11(9)16-12-8-4-6-10(14)13(12)15/h2-8,16H,15H2,1H3. The van der Waals surface area contributed by atoms with Gasteiger partial charge in [0.2, 0.25) is 0 Å². The lowest BCUT2D eigenvalue weighted by atomic mass is 10.2. The highest BCUT2D eigenvalue weighted by atomic mass is 19.1. The van der Waals surface area contributed by atoms with Gasteiger partial charge in [0.1, 0.15) is 5.82 Å². The van der Waals surface area contributed by atoms with Crippen molar-refractivity contribution in [3.05, 3.63) is 53.8 Å². The van der Waals surface area contributed by atoms with Crippen LogP contribution < -0.4 is 11.1 Å². The second-order valence-electron chi connectivity index (χ2n) is 3.64. The predicted molar refractivity (Wildman–Crippen MR) is 65.3 cm³/mol. The lowest BCUT2D eigenvalue weighted by Gasteiger charge is -2.11. The Balaban J connectivity index is 2.35. The minimum absolute atomic E-state index is 0.144. The lowest BCUT2D eigenvalue weighted by molar-refractivity contribution is 0.633. The lowest BCUT2D eigenvalue weighted by Crippen LogP contribution is -1.99. The highest BCUT2D eigenvalue weighted by molar-refractivity contribution is 5.74. The number of hydrogen-bond acceptors (Lipinski definition) is 2. The molecule has 0 radical (unpaired) electrons. The summed E-state index contributed by atoms with van der Waals surface area (Å²) in [6, 6.07) is 12.5. The number of nitrogens with one attached hydrogen (secondary N) is 1. The molecule has 2 aromatic rings. The minimum Gasteiger partial charge on any atom is -0.395 e. The molecule has 0 heterocycles. The van der Waals surface area contributed by atoms with Crippen LogP contribution in [-0.2, 0) is 0 Å². The summed E-state index contributed by atoms with van der Waals surface area (Å²) in [6.07, 6.45) is 0. The molecule has 0 saturated carbocycles. The molecule has 16 heavy (non-hydrogen) atoms. The van der Waals surface area contributed by atoms with Crippen molar-refractivity contribution in [3.8, 4) is 0 Å². The molecule has 0 atom stereocenters. The number of rotatable bonds is 2. The molecule has 0 aliphatic heterocycles. The Morgan fingerprint density at radius 3 is 2.44 bits per heavy atom. The Labute approximate surface area is 93.9 Å². The second kappa shape index (κ2) is 4.23. The summed E-state index contributed by atoms with van der Waals surface area (Å²) >= 11 is 0. The van der Waals surface area contributed by atoms with E-state index in [0.29, 0.717) is 5.69 Å². The van der Waals surface area contributed by atoms with E-state index in [1.54, 1.807) is 12.1 Å². The second-order valence-corrected chi connectivity index (χ2v) is 3.64. The molecule has 0 unspecified atom stereocenters. The number of nitrogen functional groups attached to an aromatic ring is 1. The Kier molecular flexibility index (Phi) is 2.77. The molecule has 82 valence electrons. The number of nitrogens with two attached hydrogens (primary N) is 1.